The number of benzene rings is 2. The Balaban J connectivity index is 1.42. The summed E-state index contributed by atoms with van der Waals surface area (Å²) in [5.74, 6) is 2.79. The predicted octanol–water partition coefficient (Wildman–Crippen LogP) is 3.96. The molecule has 3 aliphatic rings. The minimum absolute atomic E-state index is 0.139. The van der Waals surface area contributed by atoms with E-state index < -0.39 is 0 Å². The van der Waals surface area contributed by atoms with E-state index in [1.807, 2.05) is 25.1 Å². The maximum Gasteiger partial charge on any atom is 0.231 e. The highest BCUT2D eigenvalue weighted by Gasteiger charge is 2.34. The molecule has 5 rings (SSSR count). The second-order valence-corrected chi connectivity index (χ2v) is 8.33. The van der Waals surface area contributed by atoms with Gasteiger partial charge in [-0.15, -0.1) is 0 Å². The van der Waals surface area contributed by atoms with Crippen molar-refractivity contribution in [2.75, 3.05) is 34.1 Å². The fraction of sp³-hybridized carbons (Fsp3) is 0.400. The van der Waals surface area contributed by atoms with Crippen LogP contribution in [0.4, 0.5) is 0 Å². The van der Waals surface area contributed by atoms with E-state index in [2.05, 4.69) is 4.90 Å². The second kappa shape index (κ2) is 8.48. The molecule has 1 unspecified atom stereocenters. The average Bonchev–Trinajstić information content (AvgIpc) is 3.43. The van der Waals surface area contributed by atoms with Crippen molar-refractivity contribution in [2.24, 2.45) is 0 Å². The molecule has 0 radical (unpaired) electrons. The van der Waals surface area contributed by atoms with Crippen molar-refractivity contribution in [3.8, 4) is 23.0 Å². The Labute approximate surface area is 187 Å². The molecule has 0 spiro atoms. The number of carbonyl (C=O) groups excluding carboxylic acids is 1. The molecule has 2 aromatic rings. The first-order valence-electron chi connectivity index (χ1n) is 10.9. The Morgan fingerprint density at radius 3 is 2.81 bits per heavy atom. The van der Waals surface area contributed by atoms with Gasteiger partial charge >= 0.3 is 0 Å². The first-order chi connectivity index (χ1) is 15.6. The van der Waals surface area contributed by atoms with Crippen LogP contribution in [-0.4, -0.2) is 50.9 Å². The molecule has 1 atom stereocenters. The molecule has 0 saturated carbocycles. The molecule has 0 aromatic heterocycles. The van der Waals surface area contributed by atoms with E-state index in [9.17, 15) is 4.79 Å². The third-order valence-electron chi connectivity index (χ3n) is 6.21. The third-order valence-corrected chi connectivity index (χ3v) is 6.21. The quantitative estimate of drug-likeness (QED) is 0.656. The van der Waals surface area contributed by atoms with Crippen molar-refractivity contribution in [3.63, 3.8) is 0 Å². The van der Waals surface area contributed by atoms with Gasteiger partial charge in [-0.3, -0.25) is 9.69 Å². The van der Waals surface area contributed by atoms with Crippen LogP contribution in [0.3, 0.4) is 0 Å². The van der Waals surface area contributed by atoms with Gasteiger partial charge in [0.05, 0.1) is 25.9 Å². The van der Waals surface area contributed by atoms with Crippen LogP contribution in [0.1, 0.15) is 39.9 Å². The zero-order chi connectivity index (χ0) is 22.2. The summed E-state index contributed by atoms with van der Waals surface area (Å²) in [6.07, 6.45) is 4.17. The monoisotopic (exact) mass is 437 g/mol. The van der Waals surface area contributed by atoms with Crippen molar-refractivity contribution < 1.29 is 28.5 Å². The molecule has 7 heteroatoms. The van der Waals surface area contributed by atoms with Gasteiger partial charge in [0.1, 0.15) is 29.7 Å². The maximum absolute atomic E-state index is 13.2. The van der Waals surface area contributed by atoms with Crippen molar-refractivity contribution in [2.45, 2.75) is 32.4 Å². The summed E-state index contributed by atoms with van der Waals surface area (Å²) in [7, 11) is 3.18. The number of hydrogen-bond donors (Lipinski definition) is 0. The fourth-order valence-corrected chi connectivity index (χ4v) is 4.57. The number of Topliss-reactive ketones (excluding diaryl/α,β-unsaturated/α-hetero) is 1. The fourth-order valence-electron chi connectivity index (χ4n) is 4.57. The molecule has 7 nitrogen and oxygen atoms in total. The number of ether oxygens (including phenoxy) is 5. The lowest BCUT2D eigenvalue weighted by Crippen LogP contribution is -2.37. The molecular formula is C25H27NO6. The summed E-state index contributed by atoms with van der Waals surface area (Å²) in [4.78, 5) is 15.4. The normalized spacial score (nSPS) is 21.2. The van der Waals surface area contributed by atoms with E-state index in [-0.39, 0.29) is 17.6 Å². The number of ketones is 1. The highest BCUT2D eigenvalue weighted by atomic mass is 16.5. The predicted molar refractivity (Wildman–Crippen MR) is 119 cm³/mol. The summed E-state index contributed by atoms with van der Waals surface area (Å²) in [5, 5.41) is 0. The summed E-state index contributed by atoms with van der Waals surface area (Å²) >= 11 is 0. The van der Waals surface area contributed by atoms with E-state index in [0.29, 0.717) is 29.5 Å². The zero-order valence-electron chi connectivity index (χ0n) is 18.6. The molecular weight excluding hydrogens is 410 g/mol. The van der Waals surface area contributed by atoms with E-state index in [1.54, 1.807) is 26.4 Å². The molecule has 2 aromatic carbocycles. The van der Waals surface area contributed by atoms with Crippen LogP contribution in [0.2, 0.25) is 0 Å². The Kier molecular flexibility index (Phi) is 5.53. The molecule has 1 saturated heterocycles. The first kappa shape index (κ1) is 20.8. The van der Waals surface area contributed by atoms with Crippen molar-refractivity contribution >= 4 is 11.9 Å². The van der Waals surface area contributed by atoms with Crippen molar-refractivity contribution in [3.05, 3.63) is 52.3 Å². The maximum atomic E-state index is 13.2. The highest BCUT2D eigenvalue weighted by Crippen LogP contribution is 2.43. The lowest BCUT2D eigenvalue weighted by Gasteiger charge is -2.31. The molecule has 168 valence electrons. The molecule has 0 N–H and O–H groups in total. The smallest absolute Gasteiger partial charge is 0.231 e. The number of rotatable bonds is 5. The van der Waals surface area contributed by atoms with Crippen LogP contribution < -0.4 is 18.9 Å². The van der Waals surface area contributed by atoms with Crippen LogP contribution in [0, 0.1) is 6.92 Å². The standard InChI is InChI=1S/C25H27NO6/c1-15-24-17(12-26(14-31-24)13-19-5-4-8-30-19)9-20-23(27)22(32-25(15)20)10-16-6-7-18(28-2)11-21(16)29-3/h6-7,9-11,19H,4-5,8,12-14H2,1-3H3/b22-10-. The van der Waals surface area contributed by atoms with Crippen molar-refractivity contribution in [1.29, 1.82) is 0 Å². The Morgan fingerprint density at radius 1 is 1.19 bits per heavy atom. The summed E-state index contributed by atoms with van der Waals surface area (Å²) in [6, 6.07) is 7.35. The molecule has 3 heterocycles. The van der Waals surface area contributed by atoms with Gasteiger partial charge in [-0.05, 0) is 44.0 Å². The number of fused-ring (bicyclic) bond motifs is 2. The minimum atomic E-state index is -0.139. The number of methoxy groups -OCH3 is 2. The lowest BCUT2D eigenvalue weighted by atomic mass is 9.99. The van der Waals surface area contributed by atoms with Gasteiger partial charge in [0, 0.05) is 42.5 Å². The third kappa shape index (κ3) is 3.72. The molecule has 1 fully saturated rings. The van der Waals surface area contributed by atoms with Crippen LogP contribution in [0.15, 0.2) is 30.0 Å². The first-order valence-corrected chi connectivity index (χ1v) is 10.9. The Bertz CT molecular complexity index is 1090. The van der Waals surface area contributed by atoms with Gasteiger partial charge in [-0.1, -0.05) is 0 Å². The molecule has 3 aliphatic heterocycles. The molecule has 0 amide bonds. The van der Waals surface area contributed by atoms with Gasteiger partial charge < -0.3 is 23.7 Å². The van der Waals surface area contributed by atoms with Gasteiger partial charge in [-0.25, -0.2) is 0 Å². The second-order valence-electron chi connectivity index (χ2n) is 8.33. The number of hydrogen-bond acceptors (Lipinski definition) is 7. The summed E-state index contributed by atoms with van der Waals surface area (Å²) < 4.78 is 28.6. The average molecular weight is 437 g/mol. The molecule has 32 heavy (non-hydrogen) atoms. The van der Waals surface area contributed by atoms with E-state index >= 15 is 0 Å². The van der Waals surface area contributed by atoms with Crippen LogP contribution in [0.25, 0.3) is 6.08 Å². The Hall–Kier alpha value is -3.03. The SMILES string of the molecule is COc1ccc(/C=C2\Oc3c(cc4c(c3C)OCN(CC3CCCO3)C4)C2=O)c(OC)c1. The lowest BCUT2D eigenvalue weighted by molar-refractivity contribution is 0.0276. The number of nitrogens with zero attached hydrogens (tertiary/aromatic N) is 1. The van der Waals surface area contributed by atoms with Gasteiger partial charge in [0.2, 0.25) is 5.78 Å². The van der Waals surface area contributed by atoms with E-state index in [0.717, 1.165) is 55.0 Å². The molecule has 0 aliphatic carbocycles. The number of allylic oxidation sites excluding steroid dienone is 1. The molecule has 0 bridgehead atoms. The number of carbonyl (C=O) groups is 1. The van der Waals surface area contributed by atoms with Crippen LogP contribution in [-0.2, 0) is 11.3 Å². The topological polar surface area (TPSA) is 66.5 Å². The minimum Gasteiger partial charge on any atom is -0.497 e. The summed E-state index contributed by atoms with van der Waals surface area (Å²) in [5.41, 5.74) is 3.17. The van der Waals surface area contributed by atoms with Gasteiger partial charge in [-0.2, -0.15) is 0 Å². The van der Waals surface area contributed by atoms with E-state index in [4.69, 9.17) is 23.7 Å². The Morgan fingerprint density at radius 2 is 2.06 bits per heavy atom. The van der Waals surface area contributed by atoms with Crippen LogP contribution in [0.5, 0.6) is 23.0 Å². The van der Waals surface area contributed by atoms with Crippen molar-refractivity contribution in [1.82, 2.24) is 4.90 Å². The van der Waals surface area contributed by atoms with Gasteiger partial charge in [0.15, 0.2) is 5.76 Å². The summed E-state index contributed by atoms with van der Waals surface area (Å²) in [6.45, 7) is 4.84. The highest BCUT2D eigenvalue weighted by molar-refractivity contribution is 6.15. The largest absolute Gasteiger partial charge is 0.497 e. The van der Waals surface area contributed by atoms with Crippen LogP contribution >= 0.6 is 0 Å². The van der Waals surface area contributed by atoms with Gasteiger partial charge in [0.25, 0.3) is 0 Å². The zero-order valence-corrected chi connectivity index (χ0v) is 18.6. The van der Waals surface area contributed by atoms with E-state index in [1.165, 1.54) is 0 Å².